The SMILES string of the molecule is CN(Cc1ccccc1Cl)c1cccc(F)c1C(N)=S. The molecule has 104 valence electrons. The third-order valence-electron chi connectivity index (χ3n) is 3.01. The van der Waals surface area contributed by atoms with Crippen LogP contribution in [0, 0.1) is 5.82 Å². The quantitative estimate of drug-likeness (QED) is 0.872. The fourth-order valence-corrected chi connectivity index (χ4v) is 2.44. The van der Waals surface area contributed by atoms with Gasteiger partial charge in [0.1, 0.15) is 10.8 Å². The van der Waals surface area contributed by atoms with E-state index < -0.39 is 5.82 Å². The van der Waals surface area contributed by atoms with E-state index in [0.29, 0.717) is 17.3 Å². The van der Waals surface area contributed by atoms with Gasteiger partial charge in [-0.25, -0.2) is 4.39 Å². The van der Waals surface area contributed by atoms with Gasteiger partial charge in [0.15, 0.2) is 0 Å². The van der Waals surface area contributed by atoms with Crippen molar-refractivity contribution >= 4 is 34.5 Å². The molecule has 0 amide bonds. The Morgan fingerprint density at radius 1 is 1.25 bits per heavy atom. The minimum Gasteiger partial charge on any atom is -0.389 e. The number of nitrogens with zero attached hydrogens (tertiary/aromatic N) is 1. The molecule has 2 N–H and O–H groups in total. The third kappa shape index (κ3) is 3.08. The van der Waals surface area contributed by atoms with Crippen LogP contribution in [0.4, 0.5) is 10.1 Å². The van der Waals surface area contributed by atoms with E-state index in [9.17, 15) is 4.39 Å². The first-order valence-corrected chi connectivity index (χ1v) is 6.82. The van der Waals surface area contributed by atoms with E-state index in [1.165, 1.54) is 6.07 Å². The van der Waals surface area contributed by atoms with Gasteiger partial charge in [0.05, 0.1) is 5.56 Å². The van der Waals surface area contributed by atoms with Crippen molar-refractivity contribution < 1.29 is 4.39 Å². The minimum absolute atomic E-state index is 0.0455. The molecular weight excluding hydrogens is 295 g/mol. The first-order chi connectivity index (χ1) is 9.50. The molecule has 0 aliphatic heterocycles. The Labute approximate surface area is 128 Å². The summed E-state index contributed by atoms with van der Waals surface area (Å²) in [6.07, 6.45) is 0. The molecule has 0 saturated heterocycles. The molecule has 0 spiro atoms. The fourth-order valence-electron chi connectivity index (χ4n) is 2.04. The zero-order valence-corrected chi connectivity index (χ0v) is 12.5. The van der Waals surface area contributed by atoms with Gasteiger partial charge in [-0.1, -0.05) is 48.1 Å². The van der Waals surface area contributed by atoms with Crippen LogP contribution in [0.3, 0.4) is 0 Å². The predicted octanol–water partition coefficient (Wildman–Crippen LogP) is 3.75. The van der Waals surface area contributed by atoms with Gasteiger partial charge in [-0.05, 0) is 23.8 Å². The van der Waals surface area contributed by atoms with Crippen LogP contribution in [0.2, 0.25) is 5.02 Å². The highest BCUT2D eigenvalue weighted by Crippen LogP contribution is 2.25. The second-order valence-corrected chi connectivity index (χ2v) is 5.29. The molecule has 0 heterocycles. The standard InChI is InChI=1S/C15H14ClFN2S/c1-19(9-10-5-2-3-6-11(10)16)13-8-4-7-12(17)14(13)15(18)20/h2-8H,9H2,1H3,(H2,18,20). The lowest BCUT2D eigenvalue weighted by Crippen LogP contribution is -2.22. The van der Waals surface area contributed by atoms with Gasteiger partial charge < -0.3 is 10.6 Å². The van der Waals surface area contributed by atoms with E-state index in [0.717, 1.165) is 5.56 Å². The van der Waals surface area contributed by atoms with Crippen molar-refractivity contribution in [3.63, 3.8) is 0 Å². The Kier molecular flexibility index (Phi) is 4.57. The number of halogens is 2. The summed E-state index contributed by atoms with van der Waals surface area (Å²) < 4.78 is 13.9. The summed E-state index contributed by atoms with van der Waals surface area (Å²) in [5.74, 6) is -0.416. The van der Waals surface area contributed by atoms with Crippen molar-refractivity contribution in [1.29, 1.82) is 0 Å². The van der Waals surface area contributed by atoms with Crippen LogP contribution < -0.4 is 10.6 Å². The third-order valence-corrected chi connectivity index (χ3v) is 3.59. The van der Waals surface area contributed by atoms with Gasteiger partial charge in [0.2, 0.25) is 0 Å². The Balaban J connectivity index is 2.35. The predicted molar refractivity (Wildman–Crippen MR) is 85.8 cm³/mol. The lowest BCUT2D eigenvalue weighted by atomic mass is 10.1. The van der Waals surface area contributed by atoms with Crippen molar-refractivity contribution in [3.05, 3.63) is 64.4 Å². The molecule has 0 saturated carbocycles. The Morgan fingerprint density at radius 2 is 1.95 bits per heavy atom. The van der Waals surface area contributed by atoms with Crippen LogP contribution >= 0.6 is 23.8 Å². The average molecular weight is 309 g/mol. The number of hydrogen-bond acceptors (Lipinski definition) is 2. The number of anilines is 1. The summed E-state index contributed by atoms with van der Waals surface area (Å²) in [4.78, 5) is 1.92. The van der Waals surface area contributed by atoms with Crippen LogP contribution in [0.15, 0.2) is 42.5 Å². The smallest absolute Gasteiger partial charge is 0.135 e. The van der Waals surface area contributed by atoms with Crippen molar-refractivity contribution in [2.24, 2.45) is 5.73 Å². The molecule has 0 radical (unpaired) electrons. The molecule has 0 unspecified atom stereocenters. The highest BCUT2D eigenvalue weighted by Gasteiger charge is 2.15. The topological polar surface area (TPSA) is 29.3 Å². The molecule has 0 bridgehead atoms. The molecule has 2 aromatic carbocycles. The number of rotatable bonds is 4. The largest absolute Gasteiger partial charge is 0.389 e. The second kappa shape index (κ2) is 6.20. The molecule has 5 heteroatoms. The van der Waals surface area contributed by atoms with E-state index in [-0.39, 0.29) is 10.6 Å². The molecule has 0 aliphatic rings. The van der Waals surface area contributed by atoms with E-state index in [2.05, 4.69) is 0 Å². The minimum atomic E-state index is -0.416. The lowest BCUT2D eigenvalue weighted by Gasteiger charge is -2.23. The maximum Gasteiger partial charge on any atom is 0.135 e. The Morgan fingerprint density at radius 3 is 2.60 bits per heavy atom. The van der Waals surface area contributed by atoms with Gasteiger partial charge in [0, 0.05) is 24.3 Å². The monoisotopic (exact) mass is 308 g/mol. The highest BCUT2D eigenvalue weighted by molar-refractivity contribution is 7.80. The molecule has 0 fully saturated rings. The van der Waals surface area contributed by atoms with Crippen LogP contribution in [0.1, 0.15) is 11.1 Å². The molecule has 2 nitrogen and oxygen atoms in total. The van der Waals surface area contributed by atoms with E-state index in [4.69, 9.17) is 29.6 Å². The summed E-state index contributed by atoms with van der Waals surface area (Å²) in [6, 6.07) is 12.3. The molecule has 0 aromatic heterocycles. The van der Waals surface area contributed by atoms with Gasteiger partial charge in [-0.3, -0.25) is 0 Å². The van der Waals surface area contributed by atoms with Crippen molar-refractivity contribution in [2.45, 2.75) is 6.54 Å². The first kappa shape index (κ1) is 14.8. The number of nitrogens with two attached hydrogens (primary N) is 1. The molecule has 2 rings (SSSR count). The summed E-state index contributed by atoms with van der Waals surface area (Å²) in [7, 11) is 1.85. The van der Waals surface area contributed by atoms with Gasteiger partial charge in [-0.15, -0.1) is 0 Å². The Hall–Kier alpha value is -1.65. The van der Waals surface area contributed by atoms with Gasteiger partial charge in [0.25, 0.3) is 0 Å². The number of benzene rings is 2. The van der Waals surface area contributed by atoms with Crippen molar-refractivity contribution in [1.82, 2.24) is 0 Å². The van der Waals surface area contributed by atoms with Gasteiger partial charge >= 0.3 is 0 Å². The fraction of sp³-hybridized carbons (Fsp3) is 0.133. The van der Waals surface area contributed by atoms with E-state index in [1.54, 1.807) is 12.1 Å². The van der Waals surface area contributed by atoms with Crippen LogP contribution in [-0.2, 0) is 6.54 Å². The average Bonchev–Trinajstić information content (AvgIpc) is 2.40. The molecule has 20 heavy (non-hydrogen) atoms. The second-order valence-electron chi connectivity index (χ2n) is 4.45. The van der Waals surface area contributed by atoms with Crippen LogP contribution in [-0.4, -0.2) is 12.0 Å². The number of hydrogen-bond donors (Lipinski definition) is 1. The van der Waals surface area contributed by atoms with Gasteiger partial charge in [-0.2, -0.15) is 0 Å². The normalized spacial score (nSPS) is 10.3. The molecule has 0 aliphatic carbocycles. The zero-order valence-electron chi connectivity index (χ0n) is 10.9. The lowest BCUT2D eigenvalue weighted by molar-refractivity contribution is 0.624. The molecular formula is C15H14ClFN2S. The van der Waals surface area contributed by atoms with Crippen LogP contribution in [0.25, 0.3) is 0 Å². The van der Waals surface area contributed by atoms with Crippen molar-refractivity contribution in [3.8, 4) is 0 Å². The first-order valence-electron chi connectivity index (χ1n) is 6.03. The molecule has 2 aromatic rings. The summed E-state index contributed by atoms with van der Waals surface area (Å²) >= 11 is 11.1. The van der Waals surface area contributed by atoms with Crippen molar-refractivity contribution in [2.75, 3.05) is 11.9 Å². The summed E-state index contributed by atoms with van der Waals surface area (Å²) in [5, 5.41) is 0.674. The maximum absolute atomic E-state index is 13.9. The van der Waals surface area contributed by atoms with E-state index >= 15 is 0 Å². The Bertz CT molecular complexity index is 646. The van der Waals surface area contributed by atoms with E-state index in [1.807, 2.05) is 36.2 Å². The number of thiocarbonyl (C=S) groups is 1. The highest BCUT2D eigenvalue weighted by atomic mass is 35.5. The zero-order chi connectivity index (χ0) is 14.7. The maximum atomic E-state index is 13.9. The molecule has 0 atom stereocenters. The summed E-state index contributed by atoms with van der Waals surface area (Å²) in [5.41, 5.74) is 7.48. The summed E-state index contributed by atoms with van der Waals surface area (Å²) in [6.45, 7) is 0.540. The van der Waals surface area contributed by atoms with Crippen LogP contribution in [0.5, 0.6) is 0 Å².